The zero-order valence-electron chi connectivity index (χ0n) is 12.1. The van der Waals surface area contributed by atoms with E-state index in [0.29, 0.717) is 0 Å². The molecule has 0 atom stereocenters. The van der Waals surface area contributed by atoms with E-state index >= 15 is 0 Å². The van der Waals surface area contributed by atoms with Crippen molar-refractivity contribution in [1.29, 1.82) is 0 Å². The minimum atomic E-state index is 0.807. The summed E-state index contributed by atoms with van der Waals surface area (Å²) in [7, 11) is 0. The van der Waals surface area contributed by atoms with Gasteiger partial charge in [0.1, 0.15) is 11.6 Å². The Morgan fingerprint density at radius 3 is 2.47 bits per heavy atom. The van der Waals surface area contributed by atoms with Gasteiger partial charge in [0, 0.05) is 30.5 Å². The number of rotatable bonds is 5. The van der Waals surface area contributed by atoms with Crippen molar-refractivity contribution in [1.82, 2.24) is 19.7 Å². The molecule has 5 nitrogen and oxygen atoms in total. The van der Waals surface area contributed by atoms with Crippen molar-refractivity contribution in [2.75, 3.05) is 11.9 Å². The average Bonchev–Trinajstić information content (AvgIpc) is 2.62. The summed E-state index contributed by atoms with van der Waals surface area (Å²) < 4.78 is 2.05. The van der Waals surface area contributed by atoms with Gasteiger partial charge in [-0.25, -0.2) is 9.97 Å². The number of nitrogens with one attached hydrogen (secondary N) is 1. The van der Waals surface area contributed by atoms with Crippen molar-refractivity contribution in [3.8, 4) is 0 Å². The Balaban J connectivity index is 1.82. The van der Waals surface area contributed by atoms with Gasteiger partial charge in [-0.15, -0.1) is 0 Å². The van der Waals surface area contributed by atoms with Crippen LogP contribution in [0.1, 0.15) is 29.3 Å². The maximum absolute atomic E-state index is 4.45. The van der Waals surface area contributed by atoms with E-state index in [4.69, 9.17) is 0 Å². The second-order valence-corrected chi connectivity index (χ2v) is 4.87. The third-order valence-electron chi connectivity index (χ3n) is 2.92. The van der Waals surface area contributed by atoms with Gasteiger partial charge >= 0.3 is 0 Å². The quantitative estimate of drug-likeness (QED) is 0.838. The SMILES string of the molecule is Cc1cc(NCCCn2nc(C)cc2C)nc(C)n1. The zero-order chi connectivity index (χ0) is 13.8. The largest absolute Gasteiger partial charge is 0.370 e. The molecule has 2 aromatic heterocycles. The molecule has 0 saturated carbocycles. The molecule has 0 bridgehead atoms. The second-order valence-electron chi connectivity index (χ2n) is 4.87. The topological polar surface area (TPSA) is 55.6 Å². The Morgan fingerprint density at radius 2 is 1.84 bits per heavy atom. The fourth-order valence-electron chi connectivity index (χ4n) is 2.15. The van der Waals surface area contributed by atoms with Gasteiger partial charge in [-0.05, 0) is 40.2 Å². The van der Waals surface area contributed by atoms with Crippen LogP contribution in [0.2, 0.25) is 0 Å². The lowest BCUT2D eigenvalue weighted by Crippen LogP contribution is -2.10. The van der Waals surface area contributed by atoms with Crippen molar-refractivity contribution in [3.63, 3.8) is 0 Å². The molecule has 5 heteroatoms. The molecule has 0 radical (unpaired) electrons. The summed E-state index contributed by atoms with van der Waals surface area (Å²) in [6, 6.07) is 4.07. The summed E-state index contributed by atoms with van der Waals surface area (Å²) in [6.45, 7) is 9.81. The summed E-state index contributed by atoms with van der Waals surface area (Å²) in [6.07, 6.45) is 1.02. The third kappa shape index (κ3) is 3.77. The van der Waals surface area contributed by atoms with Crippen molar-refractivity contribution in [2.45, 2.75) is 40.7 Å². The number of hydrogen-bond donors (Lipinski definition) is 1. The lowest BCUT2D eigenvalue weighted by molar-refractivity contribution is 0.573. The smallest absolute Gasteiger partial charge is 0.129 e. The Labute approximate surface area is 114 Å². The van der Waals surface area contributed by atoms with E-state index in [2.05, 4.69) is 33.4 Å². The summed E-state index contributed by atoms with van der Waals surface area (Å²) in [5.41, 5.74) is 3.28. The molecule has 0 aliphatic rings. The molecular weight excluding hydrogens is 238 g/mol. The van der Waals surface area contributed by atoms with Gasteiger partial charge in [0.25, 0.3) is 0 Å². The first kappa shape index (κ1) is 13.5. The molecule has 2 aromatic rings. The van der Waals surface area contributed by atoms with Gasteiger partial charge in [-0.1, -0.05) is 0 Å². The summed E-state index contributed by atoms with van der Waals surface area (Å²) in [4.78, 5) is 8.61. The highest BCUT2D eigenvalue weighted by Gasteiger charge is 2.01. The van der Waals surface area contributed by atoms with E-state index in [1.807, 2.05) is 31.5 Å². The van der Waals surface area contributed by atoms with E-state index in [1.165, 1.54) is 5.69 Å². The molecule has 2 heterocycles. The van der Waals surface area contributed by atoms with Crippen LogP contribution in [0.5, 0.6) is 0 Å². The first-order valence-corrected chi connectivity index (χ1v) is 6.62. The monoisotopic (exact) mass is 259 g/mol. The van der Waals surface area contributed by atoms with Crippen LogP contribution in [0.3, 0.4) is 0 Å². The first-order chi connectivity index (χ1) is 9.04. The molecule has 102 valence electrons. The third-order valence-corrected chi connectivity index (χ3v) is 2.92. The lowest BCUT2D eigenvalue weighted by Gasteiger charge is -2.08. The van der Waals surface area contributed by atoms with Crippen molar-refractivity contribution in [3.05, 3.63) is 35.0 Å². The summed E-state index contributed by atoms with van der Waals surface area (Å²) >= 11 is 0. The van der Waals surface area contributed by atoms with E-state index in [-0.39, 0.29) is 0 Å². The molecule has 0 spiro atoms. The van der Waals surface area contributed by atoms with E-state index < -0.39 is 0 Å². The van der Waals surface area contributed by atoms with Gasteiger partial charge in [-0.3, -0.25) is 4.68 Å². The molecule has 0 aromatic carbocycles. The van der Waals surface area contributed by atoms with E-state index in [1.54, 1.807) is 0 Å². The Morgan fingerprint density at radius 1 is 1.05 bits per heavy atom. The molecule has 0 aliphatic carbocycles. The maximum Gasteiger partial charge on any atom is 0.129 e. The van der Waals surface area contributed by atoms with Crippen LogP contribution in [0.25, 0.3) is 0 Å². The Bertz CT molecular complexity index is 539. The van der Waals surface area contributed by atoms with Crippen LogP contribution in [0.4, 0.5) is 5.82 Å². The number of aromatic nitrogens is 4. The van der Waals surface area contributed by atoms with Gasteiger partial charge in [0.15, 0.2) is 0 Å². The molecule has 0 amide bonds. The van der Waals surface area contributed by atoms with E-state index in [0.717, 1.165) is 42.5 Å². The van der Waals surface area contributed by atoms with Crippen LogP contribution >= 0.6 is 0 Å². The predicted molar refractivity (Wildman–Crippen MR) is 76.3 cm³/mol. The van der Waals surface area contributed by atoms with Crippen molar-refractivity contribution in [2.24, 2.45) is 0 Å². The van der Waals surface area contributed by atoms with Gasteiger partial charge < -0.3 is 5.32 Å². The maximum atomic E-state index is 4.45. The molecule has 0 unspecified atom stereocenters. The molecule has 2 rings (SSSR count). The number of anilines is 1. The van der Waals surface area contributed by atoms with Crippen molar-refractivity contribution >= 4 is 5.82 Å². The number of hydrogen-bond acceptors (Lipinski definition) is 4. The molecule has 0 fully saturated rings. The standard InChI is InChI=1S/C14H21N5/c1-10-9-14(17-13(4)16-10)15-6-5-7-19-12(3)8-11(2)18-19/h8-9H,5-7H2,1-4H3,(H,15,16,17). The Hall–Kier alpha value is -1.91. The minimum absolute atomic E-state index is 0.807. The summed E-state index contributed by atoms with van der Waals surface area (Å²) in [5.74, 6) is 1.71. The fourth-order valence-corrected chi connectivity index (χ4v) is 2.15. The van der Waals surface area contributed by atoms with Crippen LogP contribution in [-0.4, -0.2) is 26.3 Å². The Kier molecular flexibility index (Phi) is 4.14. The van der Waals surface area contributed by atoms with Gasteiger partial charge in [0.2, 0.25) is 0 Å². The van der Waals surface area contributed by atoms with Gasteiger partial charge in [0.05, 0.1) is 5.69 Å². The van der Waals surface area contributed by atoms with Gasteiger partial charge in [-0.2, -0.15) is 5.10 Å². The second kappa shape index (κ2) is 5.82. The first-order valence-electron chi connectivity index (χ1n) is 6.62. The van der Waals surface area contributed by atoms with Crippen LogP contribution < -0.4 is 5.32 Å². The van der Waals surface area contributed by atoms with E-state index in [9.17, 15) is 0 Å². The fraction of sp³-hybridized carbons (Fsp3) is 0.500. The highest BCUT2D eigenvalue weighted by Crippen LogP contribution is 2.06. The highest BCUT2D eigenvalue weighted by molar-refractivity contribution is 5.35. The molecule has 0 aliphatic heterocycles. The molecule has 0 saturated heterocycles. The minimum Gasteiger partial charge on any atom is -0.370 e. The highest BCUT2D eigenvalue weighted by atomic mass is 15.3. The normalized spacial score (nSPS) is 10.7. The number of nitrogens with zero attached hydrogens (tertiary/aromatic N) is 4. The van der Waals surface area contributed by atoms with Crippen molar-refractivity contribution < 1.29 is 0 Å². The average molecular weight is 259 g/mol. The van der Waals surface area contributed by atoms with Crippen LogP contribution in [0.15, 0.2) is 12.1 Å². The van der Waals surface area contributed by atoms with Crippen LogP contribution in [-0.2, 0) is 6.54 Å². The molecule has 1 N–H and O–H groups in total. The zero-order valence-corrected chi connectivity index (χ0v) is 12.1. The lowest BCUT2D eigenvalue weighted by atomic mass is 10.3. The van der Waals surface area contributed by atoms with Crippen LogP contribution in [0, 0.1) is 27.7 Å². The predicted octanol–water partition coefficient (Wildman–Crippen LogP) is 2.41. The number of aryl methyl sites for hydroxylation is 5. The molecule has 19 heavy (non-hydrogen) atoms. The molecular formula is C14H21N5. The summed E-state index contributed by atoms with van der Waals surface area (Å²) in [5, 5.41) is 7.78.